The highest BCUT2D eigenvalue weighted by molar-refractivity contribution is 5.59. The average molecular weight is 289 g/mol. The molecule has 1 fully saturated rings. The number of benzene rings is 1. The van der Waals surface area contributed by atoms with Crippen LogP contribution in [0.15, 0.2) is 18.2 Å². The summed E-state index contributed by atoms with van der Waals surface area (Å²) in [5.74, 6) is 2.57. The maximum atomic E-state index is 5.55. The topological polar surface area (TPSA) is 21.3 Å². The molecule has 1 aliphatic rings. The summed E-state index contributed by atoms with van der Waals surface area (Å²) in [4.78, 5) is 0. The zero-order chi connectivity index (χ0) is 15.6. The van der Waals surface area contributed by atoms with Crippen molar-refractivity contribution >= 4 is 5.69 Å². The molecule has 2 unspecified atom stereocenters. The number of rotatable bonds is 3. The lowest BCUT2D eigenvalue weighted by Crippen LogP contribution is -2.30. The second-order valence-electron chi connectivity index (χ2n) is 7.92. The molecule has 0 spiro atoms. The van der Waals surface area contributed by atoms with Crippen LogP contribution in [-0.4, -0.2) is 13.2 Å². The Hall–Kier alpha value is -1.18. The molecule has 118 valence electrons. The molecule has 0 amide bonds. The van der Waals surface area contributed by atoms with Gasteiger partial charge in [-0.3, -0.25) is 0 Å². The van der Waals surface area contributed by atoms with Crippen molar-refractivity contribution < 1.29 is 4.74 Å². The van der Waals surface area contributed by atoms with Gasteiger partial charge in [0.2, 0.25) is 0 Å². The number of methoxy groups -OCH3 is 1. The number of hydrogen-bond acceptors (Lipinski definition) is 2. The first-order valence-corrected chi connectivity index (χ1v) is 8.24. The Morgan fingerprint density at radius 3 is 2.19 bits per heavy atom. The predicted octanol–water partition coefficient (Wildman–Crippen LogP) is 5.23. The van der Waals surface area contributed by atoms with E-state index in [4.69, 9.17) is 4.74 Å². The molecule has 1 aromatic rings. The van der Waals surface area contributed by atoms with Crippen molar-refractivity contribution in [1.82, 2.24) is 0 Å². The fraction of sp³-hybridized carbons (Fsp3) is 0.684. The predicted molar refractivity (Wildman–Crippen MR) is 91.3 cm³/mol. The van der Waals surface area contributed by atoms with Gasteiger partial charge in [0.1, 0.15) is 5.75 Å². The summed E-state index contributed by atoms with van der Waals surface area (Å²) >= 11 is 0. The van der Waals surface area contributed by atoms with Gasteiger partial charge in [0.25, 0.3) is 0 Å². The average Bonchev–Trinajstić information content (AvgIpc) is 2.36. The minimum absolute atomic E-state index is 0.163. The molecule has 1 aliphatic carbocycles. The van der Waals surface area contributed by atoms with Crippen LogP contribution >= 0.6 is 0 Å². The van der Waals surface area contributed by atoms with Gasteiger partial charge in [-0.15, -0.1) is 0 Å². The lowest BCUT2D eigenvalue weighted by Gasteiger charge is -2.33. The lowest BCUT2D eigenvalue weighted by atomic mass is 9.80. The van der Waals surface area contributed by atoms with Crippen LogP contribution in [0, 0.1) is 11.8 Å². The summed E-state index contributed by atoms with van der Waals surface area (Å²) in [7, 11) is 1.75. The molecule has 2 atom stereocenters. The third-order valence-corrected chi connectivity index (χ3v) is 4.60. The fourth-order valence-corrected chi connectivity index (χ4v) is 3.57. The van der Waals surface area contributed by atoms with Gasteiger partial charge in [-0.25, -0.2) is 0 Å². The monoisotopic (exact) mass is 289 g/mol. The van der Waals surface area contributed by atoms with Gasteiger partial charge < -0.3 is 10.1 Å². The lowest BCUT2D eigenvalue weighted by molar-refractivity contribution is 0.280. The molecule has 1 aromatic carbocycles. The van der Waals surface area contributed by atoms with E-state index in [-0.39, 0.29) is 5.41 Å². The highest BCUT2D eigenvalue weighted by atomic mass is 16.5. The number of hydrogen-bond donors (Lipinski definition) is 1. The van der Waals surface area contributed by atoms with Crippen molar-refractivity contribution in [3.63, 3.8) is 0 Å². The van der Waals surface area contributed by atoms with Crippen molar-refractivity contribution in [3.05, 3.63) is 23.8 Å². The van der Waals surface area contributed by atoms with Crippen molar-refractivity contribution in [3.8, 4) is 5.75 Å². The first kappa shape index (κ1) is 16.2. The number of ether oxygens (including phenoxy) is 1. The molecular weight excluding hydrogens is 258 g/mol. The molecule has 0 heterocycles. The van der Waals surface area contributed by atoms with E-state index in [2.05, 4.69) is 58.1 Å². The molecule has 0 aromatic heterocycles. The van der Waals surface area contributed by atoms with Crippen LogP contribution in [0.1, 0.15) is 59.4 Å². The number of nitrogens with one attached hydrogen (secondary N) is 1. The Balaban J connectivity index is 2.21. The Bertz CT molecular complexity index is 465. The van der Waals surface area contributed by atoms with Gasteiger partial charge in [0, 0.05) is 6.04 Å². The van der Waals surface area contributed by atoms with Crippen molar-refractivity contribution in [2.75, 3.05) is 12.4 Å². The van der Waals surface area contributed by atoms with Crippen LogP contribution in [0.2, 0.25) is 0 Å². The van der Waals surface area contributed by atoms with Crippen molar-refractivity contribution in [2.24, 2.45) is 11.8 Å². The number of anilines is 1. The maximum absolute atomic E-state index is 5.55. The maximum Gasteiger partial charge on any atom is 0.141 e. The van der Waals surface area contributed by atoms with E-state index in [1.165, 1.54) is 24.8 Å². The van der Waals surface area contributed by atoms with Gasteiger partial charge in [-0.2, -0.15) is 0 Å². The van der Waals surface area contributed by atoms with E-state index in [1.807, 2.05) is 0 Å². The van der Waals surface area contributed by atoms with E-state index in [1.54, 1.807) is 7.11 Å². The summed E-state index contributed by atoms with van der Waals surface area (Å²) in [6.07, 6.45) is 3.87. The molecule has 0 radical (unpaired) electrons. The Kier molecular flexibility index (Phi) is 4.85. The molecule has 2 heteroatoms. The summed E-state index contributed by atoms with van der Waals surface area (Å²) in [5, 5.41) is 3.75. The van der Waals surface area contributed by atoms with Crippen LogP contribution in [0.4, 0.5) is 5.69 Å². The molecule has 0 bridgehead atoms. The SMILES string of the molecule is COc1ccc(C(C)(C)C)cc1NC1CC(C)CC(C)C1. The standard InChI is InChI=1S/C19H31NO/c1-13-9-14(2)11-16(10-13)20-17-12-15(19(3,4)5)7-8-18(17)21-6/h7-8,12-14,16,20H,9-11H2,1-6H3. The molecular formula is C19H31NO. The molecule has 2 nitrogen and oxygen atoms in total. The van der Waals surface area contributed by atoms with Crippen LogP contribution in [0.3, 0.4) is 0 Å². The zero-order valence-electron chi connectivity index (χ0n) is 14.5. The molecule has 1 N–H and O–H groups in total. The van der Waals surface area contributed by atoms with Crippen LogP contribution < -0.4 is 10.1 Å². The highest BCUT2D eigenvalue weighted by Crippen LogP contribution is 2.35. The summed E-state index contributed by atoms with van der Waals surface area (Å²) in [6, 6.07) is 7.10. The summed E-state index contributed by atoms with van der Waals surface area (Å²) in [5.41, 5.74) is 2.66. The van der Waals surface area contributed by atoms with Crippen molar-refractivity contribution in [1.29, 1.82) is 0 Å². The van der Waals surface area contributed by atoms with Gasteiger partial charge in [-0.1, -0.05) is 40.7 Å². The van der Waals surface area contributed by atoms with E-state index in [9.17, 15) is 0 Å². The Morgan fingerprint density at radius 1 is 1.05 bits per heavy atom. The van der Waals surface area contributed by atoms with Gasteiger partial charge in [0.05, 0.1) is 12.8 Å². The Morgan fingerprint density at radius 2 is 1.67 bits per heavy atom. The summed E-state index contributed by atoms with van der Waals surface area (Å²) in [6.45, 7) is 11.5. The third kappa shape index (κ3) is 4.15. The molecule has 21 heavy (non-hydrogen) atoms. The first-order chi connectivity index (χ1) is 9.79. The molecule has 0 aliphatic heterocycles. The fourth-order valence-electron chi connectivity index (χ4n) is 3.57. The second kappa shape index (κ2) is 6.29. The van der Waals surface area contributed by atoms with Gasteiger partial charge >= 0.3 is 0 Å². The molecule has 2 rings (SSSR count). The minimum atomic E-state index is 0.163. The first-order valence-electron chi connectivity index (χ1n) is 8.24. The highest BCUT2D eigenvalue weighted by Gasteiger charge is 2.25. The van der Waals surface area contributed by atoms with Gasteiger partial charge in [-0.05, 0) is 54.2 Å². The minimum Gasteiger partial charge on any atom is -0.495 e. The van der Waals surface area contributed by atoms with E-state index >= 15 is 0 Å². The van der Waals surface area contributed by atoms with Gasteiger partial charge in [0.15, 0.2) is 0 Å². The molecule has 0 saturated heterocycles. The van der Waals surface area contributed by atoms with Crippen molar-refractivity contribution in [2.45, 2.75) is 65.3 Å². The van der Waals surface area contributed by atoms with Crippen LogP contribution in [-0.2, 0) is 5.41 Å². The summed E-state index contributed by atoms with van der Waals surface area (Å²) < 4.78 is 5.55. The zero-order valence-corrected chi connectivity index (χ0v) is 14.5. The smallest absolute Gasteiger partial charge is 0.141 e. The van der Waals surface area contributed by atoms with E-state index < -0.39 is 0 Å². The third-order valence-electron chi connectivity index (χ3n) is 4.60. The molecule has 1 saturated carbocycles. The van der Waals surface area contributed by atoms with Crippen LogP contribution in [0.25, 0.3) is 0 Å². The largest absolute Gasteiger partial charge is 0.495 e. The van der Waals surface area contributed by atoms with E-state index in [0.717, 1.165) is 23.3 Å². The second-order valence-corrected chi connectivity index (χ2v) is 7.92. The van der Waals surface area contributed by atoms with Crippen LogP contribution in [0.5, 0.6) is 5.75 Å². The normalized spacial score (nSPS) is 26.5. The van der Waals surface area contributed by atoms with E-state index in [0.29, 0.717) is 6.04 Å². The Labute approximate surface area is 130 Å². The quantitative estimate of drug-likeness (QED) is 0.822.